The molecule has 0 aliphatic carbocycles. The number of nitrogens with two attached hydrogens (primary N) is 1. The van der Waals surface area contributed by atoms with Crippen LogP contribution in [0.2, 0.25) is 0 Å². The van der Waals surface area contributed by atoms with E-state index in [0.717, 1.165) is 0 Å². The highest BCUT2D eigenvalue weighted by molar-refractivity contribution is 7.89. The molecule has 0 saturated heterocycles. The van der Waals surface area contributed by atoms with Crippen molar-refractivity contribution < 1.29 is 13.5 Å². The fourth-order valence-electron chi connectivity index (χ4n) is 2.03. The molecule has 0 amide bonds. The maximum Gasteiger partial charge on any atom is 0.260 e. The topological polar surface area (TPSA) is 110 Å². The van der Waals surface area contributed by atoms with Crippen LogP contribution in [0.3, 0.4) is 0 Å². The second-order valence-electron chi connectivity index (χ2n) is 5.47. The molecule has 19 heavy (non-hydrogen) atoms. The third kappa shape index (κ3) is 4.19. The zero-order valence-electron chi connectivity index (χ0n) is 11.7. The molecule has 110 valence electrons. The normalized spacial score (nSPS) is 15.7. The Morgan fingerprint density at radius 2 is 2.16 bits per heavy atom. The van der Waals surface area contributed by atoms with Gasteiger partial charge in [0.2, 0.25) is 0 Å². The Hall–Kier alpha value is -1.12. The van der Waals surface area contributed by atoms with Gasteiger partial charge in [-0.05, 0) is 19.3 Å². The third-order valence-corrected chi connectivity index (χ3v) is 4.19. The van der Waals surface area contributed by atoms with E-state index in [4.69, 9.17) is 5.73 Å². The lowest BCUT2D eigenvalue weighted by Crippen LogP contribution is -2.42. The van der Waals surface area contributed by atoms with Gasteiger partial charge in [-0.3, -0.25) is 0 Å². The van der Waals surface area contributed by atoms with Crippen LogP contribution in [-0.2, 0) is 17.1 Å². The molecule has 1 heterocycles. The number of rotatable bonds is 6. The smallest absolute Gasteiger partial charge is 0.260 e. The van der Waals surface area contributed by atoms with Crippen molar-refractivity contribution in [2.75, 3.05) is 12.3 Å². The predicted molar refractivity (Wildman–Crippen MR) is 72.9 cm³/mol. The van der Waals surface area contributed by atoms with Crippen molar-refractivity contribution >= 4 is 15.8 Å². The van der Waals surface area contributed by atoms with Crippen LogP contribution in [0.5, 0.6) is 0 Å². The molecule has 1 aromatic rings. The first-order valence-electron chi connectivity index (χ1n) is 6.04. The van der Waals surface area contributed by atoms with Crippen LogP contribution >= 0.6 is 0 Å². The Labute approximate surface area is 113 Å². The summed E-state index contributed by atoms with van der Waals surface area (Å²) < 4.78 is 27.9. The van der Waals surface area contributed by atoms with E-state index in [-0.39, 0.29) is 23.3 Å². The predicted octanol–water partition coefficient (Wildman–Crippen LogP) is 0.0777. The van der Waals surface area contributed by atoms with Gasteiger partial charge in [0.1, 0.15) is 0 Å². The Bertz CT molecular complexity index is 515. The van der Waals surface area contributed by atoms with E-state index in [1.807, 2.05) is 13.8 Å². The molecule has 0 fully saturated rings. The number of hydrogen-bond acceptors (Lipinski definition) is 5. The summed E-state index contributed by atoms with van der Waals surface area (Å²) in [7, 11) is -2.24. The van der Waals surface area contributed by atoms with Gasteiger partial charge in [-0.2, -0.15) is 0 Å². The van der Waals surface area contributed by atoms with Gasteiger partial charge in [0, 0.05) is 13.6 Å². The third-order valence-electron chi connectivity index (χ3n) is 2.66. The number of sulfonamides is 1. The monoisotopic (exact) mass is 290 g/mol. The van der Waals surface area contributed by atoms with Crippen LogP contribution in [-0.4, -0.2) is 35.2 Å². The molecule has 0 aliphatic heterocycles. The summed E-state index contributed by atoms with van der Waals surface area (Å²) in [5.74, 6) is 0.208. The fraction of sp³-hybridized carbons (Fsp3) is 0.727. The highest BCUT2D eigenvalue weighted by Crippen LogP contribution is 2.18. The first-order valence-corrected chi connectivity index (χ1v) is 7.52. The van der Waals surface area contributed by atoms with Crippen molar-refractivity contribution in [1.82, 2.24) is 14.3 Å². The quantitative estimate of drug-likeness (QED) is 0.687. The zero-order chi connectivity index (χ0) is 14.8. The van der Waals surface area contributed by atoms with Crippen molar-refractivity contribution in [3.63, 3.8) is 0 Å². The molecule has 1 unspecified atom stereocenters. The molecule has 0 aromatic carbocycles. The van der Waals surface area contributed by atoms with Crippen LogP contribution in [0, 0.1) is 5.92 Å². The first kappa shape index (κ1) is 15.9. The van der Waals surface area contributed by atoms with Crippen molar-refractivity contribution in [2.45, 2.75) is 37.8 Å². The minimum atomic E-state index is -3.78. The summed E-state index contributed by atoms with van der Waals surface area (Å²) in [4.78, 5) is 3.73. The number of aliphatic hydroxyl groups is 1. The number of hydrogen-bond donors (Lipinski definition) is 3. The van der Waals surface area contributed by atoms with Crippen LogP contribution in [0.15, 0.2) is 11.4 Å². The molecular formula is C11H22N4O3S. The van der Waals surface area contributed by atoms with Crippen LogP contribution in [0.1, 0.15) is 27.2 Å². The summed E-state index contributed by atoms with van der Waals surface area (Å²) in [6, 6.07) is 0. The number of nitrogen functional groups attached to an aromatic ring is 1. The molecule has 1 atom stereocenters. The molecule has 0 bridgehead atoms. The minimum absolute atomic E-state index is 0.0569. The lowest BCUT2D eigenvalue weighted by atomic mass is 9.95. The van der Waals surface area contributed by atoms with Gasteiger partial charge in [-0.1, -0.05) is 13.8 Å². The summed E-state index contributed by atoms with van der Waals surface area (Å²) >= 11 is 0. The summed E-state index contributed by atoms with van der Waals surface area (Å²) in [6.07, 6.45) is 1.83. The molecule has 0 spiro atoms. The zero-order valence-corrected chi connectivity index (χ0v) is 12.5. The second-order valence-corrected chi connectivity index (χ2v) is 7.15. The van der Waals surface area contributed by atoms with E-state index in [9.17, 15) is 13.5 Å². The lowest BCUT2D eigenvalue weighted by Gasteiger charge is -2.25. The van der Waals surface area contributed by atoms with Gasteiger partial charge < -0.3 is 15.4 Å². The van der Waals surface area contributed by atoms with Gasteiger partial charge >= 0.3 is 0 Å². The summed E-state index contributed by atoms with van der Waals surface area (Å²) in [5.41, 5.74) is 4.43. The van der Waals surface area contributed by atoms with Gasteiger partial charge in [0.25, 0.3) is 10.0 Å². The standard InChI is InChI=1S/C11H22N4O3S/c1-8(2)5-11(3,16)6-14-19(17,18)10-9(12)13-7-15(10)4/h7-8,14,16H,5-6,12H2,1-4H3. The molecule has 0 radical (unpaired) electrons. The Morgan fingerprint density at radius 1 is 1.58 bits per heavy atom. The number of imidazole rings is 1. The number of aryl methyl sites for hydroxylation is 1. The number of anilines is 1. The van der Waals surface area contributed by atoms with Gasteiger partial charge in [-0.25, -0.2) is 18.1 Å². The number of nitrogens with zero attached hydrogens (tertiary/aromatic N) is 2. The molecule has 0 aliphatic rings. The van der Waals surface area contributed by atoms with Crippen LogP contribution < -0.4 is 10.5 Å². The van der Waals surface area contributed by atoms with E-state index in [2.05, 4.69) is 9.71 Å². The fourth-order valence-corrected chi connectivity index (χ4v) is 3.43. The van der Waals surface area contributed by atoms with Gasteiger partial charge in [0.05, 0.1) is 11.9 Å². The van der Waals surface area contributed by atoms with Gasteiger partial charge in [0.15, 0.2) is 10.8 Å². The average molecular weight is 290 g/mol. The molecule has 1 rings (SSSR count). The van der Waals surface area contributed by atoms with Crippen LogP contribution in [0.25, 0.3) is 0 Å². The molecule has 7 nitrogen and oxygen atoms in total. The van der Waals surface area contributed by atoms with Crippen molar-refractivity contribution in [1.29, 1.82) is 0 Å². The highest BCUT2D eigenvalue weighted by atomic mass is 32.2. The van der Waals surface area contributed by atoms with E-state index in [1.54, 1.807) is 14.0 Å². The minimum Gasteiger partial charge on any atom is -0.389 e. The number of nitrogens with one attached hydrogen (secondary N) is 1. The van der Waals surface area contributed by atoms with Crippen molar-refractivity contribution in [2.24, 2.45) is 13.0 Å². The highest BCUT2D eigenvalue weighted by Gasteiger charge is 2.28. The lowest BCUT2D eigenvalue weighted by molar-refractivity contribution is 0.0436. The molecule has 4 N–H and O–H groups in total. The maximum absolute atomic E-state index is 12.1. The van der Waals surface area contributed by atoms with Crippen LogP contribution in [0.4, 0.5) is 5.82 Å². The molecule has 0 saturated carbocycles. The molecular weight excluding hydrogens is 268 g/mol. The average Bonchev–Trinajstić information content (AvgIpc) is 2.55. The Kier molecular flexibility index (Phi) is 4.59. The Morgan fingerprint density at radius 3 is 2.58 bits per heavy atom. The Balaban J connectivity index is 2.83. The molecule has 1 aromatic heterocycles. The summed E-state index contributed by atoms with van der Waals surface area (Å²) in [6.45, 7) is 5.45. The second kappa shape index (κ2) is 5.48. The van der Waals surface area contributed by atoms with Gasteiger partial charge in [-0.15, -0.1) is 0 Å². The van der Waals surface area contributed by atoms with E-state index >= 15 is 0 Å². The molecule has 8 heteroatoms. The number of aromatic nitrogens is 2. The maximum atomic E-state index is 12.1. The van der Waals surface area contributed by atoms with E-state index in [0.29, 0.717) is 6.42 Å². The van der Waals surface area contributed by atoms with E-state index in [1.165, 1.54) is 10.9 Å². The van der Waals surface area contributed by atoms with Crippen molar-refractivity contribution in [3.8, 4) is 0 Å². The summed E-state index contributed by atoms with van der Waals surface area (Å²) in [5, 5.41) is 10.0. The SMILES string of the molecule is CC(C)CC(C)(O)CNS(=O)(=O)c1c(N)ncn1C. The van der Waals surface area contributed by atoms with Crippen molar-refractivity contribution in [3.05, 3.63) is 6.33 Å². The first-order chi connectivity index (χ1) is 8.55. The van der Waals surface area contributed by atoms with E-state index < -0.39 is 15.6 Å². The largest absolute Gasteiger partial charge is 0.389 e.